The van der Waals surface area contributed by atoms with Crippen LogP contribution in [0.4, 0.5) is 53.3 Å². The molecule has 4 aliphatic heterocycles. The van der Waals surface area contributed by atoms with Crippen molar-refractivity contribution in [2.75, 3.05) is 78.3 Å². The Morgan fingerprint density at radius 2 is 0.716 bits per heavy atom. The molecular weight excluding hydrogens is 2070 g/mol. The predicted molar refractivity (Wildman–Crippen MR) is 541 cm³/mol. The summed E-state index contributed by atoms with van der Waals surface area (Å²) in [5.41, 5.74) is 4.56. The molecule has 16 aromatic rings. The molecule has 0 saturated heterocycles. The molecule has 0 bridgehead atoms. The third-order valence-electron chi connectivity index (χ3n) is 21.3. The Hall–Kier alpha value is -15.1. The van der Waals surface area contributed by atoms with E-state index in [4.69, 9.17) is 51.1 Å². The molecular formula is C87H67Cl4N21O21S8. The van der Waals surface area contributed by atoms with Crippen molar-refractivity contribution in [1.82, 2.24) is 62.0 Å². The van der Waals surface area contributed by atoms with Gasteiger partial charge in [-0.05, 0) is 219 Å². The van der Waals surface area contributed by atoms with Crippen molar-refractivity contribution >= 4 is 245 Å². The summed E-state index contributed by atoms with van der Waals surface area (Å²) in [5.74, 6) is 1.26. The van der Waals surface area contributed by atoms with Gasteiger partial charge in [-0.15, -0.1) is 45.3 Å². The van der Waals surface area contributed by atoms with Gasteiger partial charge in [-0.2, -0.15) is 0 Å². The molecule has 722 valence electrons. The third-order valence-corrected chi connectivity index (χ3v) is 33.6. The highest BCUT2D eigenvalue weighted by Crippen LogP contribution is 2.33. The third kappa shape index (κ3) is 21.4. The van der Waals surface area contributed by atoms with E-state index in [2.05, 4.69) is 61.8 Å². The number of hydrogen-bond acceptors (Lipinski definition) is 30. The number of rotatable bonds is 18. The largest absolute Gasteiger partial charge is 0.476 e. The zero-order valence-electron chi connectivity index (χ0n) is 71.8. The summed E-state index contributed by atoms with van der Waals surface area (Å²) < 4.78 is 116. The van der Waals surface area contributed by atoms with Crippen molar-refractivity contribution < 1.29 is 57.6 Å². The molecule has 141 heavy (non-hydrogen) atoms. The lowest BCUT2D eigenvalue weighted by atomic mass is 10.1. The second-order valence-corrected chi connectivity index (χ2v) is 45.0. The lowest BCUT2D eigenvalue weighted by Crippen LogP contribution is -2.34. The first-order chi connectivity index (χ1) is 67.3. The molecule has 0 aliphatic carbocycles. The van der Waals surface area contributed by atoms with Crippen molar-refractivity contribution in [3.05, 3.63) is 329 Å². The van der Waals surface area contributed by atoms with E-state index in [1.807, 2.05) is 36.9 Å². The van der Waals surface area contributed by atoms with Gasteiger partial charge in [0.2, 0.25) is 5.90 Å². The number of thiophene rings is 4. The molecule has 0 atom stereocenters. The number of likely N-dealkylation sites (N-methyl/N-ethyl adjacent to an activating group) is 1. The molecule has 12 heterocycles. The quantitative estimate of drug-likeness (QED) is 0.0379. The van der Waals surface area contributed by atoms with Gasteiger partial charge in [-0.3, -0.25) is 24.2 Å². The molecule has 0 unspecified atom stereocenters. The molecule has 20 rings (SSSR count). The average molecular weight is 2140 g/mol. The van der Waals surface area contributed by atoms with Gasteiger partial charge in [0.05, 0.1) is 96.8 Å². The number of amidine groups is 1. The summed E-state index contributed by atoms with van der Waals surface area (Å²) in [4.78, 5) is 174. The van der Waals surface area contributed by atoms with Crippen LogP contribution in [0.3, 0.4) is 0 Å². The molecule has 0 radical (unpaired) electrons. The minimum atomic E-state index is -4.08. The number of aliphatic imine (C=N–C) groups is 2. The van der Waals surface area contributed by atoms with E-state index in [1.165, 1.54) is 146 Å². The Morgan fingerprint density at radius 1 is 0.369 bits per heavy atom. The number of carbonyl (C=O) groups is 4. The highest BCUT2D eigenvalue weighted by molar-refractivity contribution is 7.93. The number of urea groups is 4. The lowest BCUT2D eigenvalue weighted by molar-refractivity contribution is 0.255. The van der Waals surface area contributed by atoms with Gasteiger partial charge in [-0.25, -0.2) is 114 Å². The van der Waals surface area contributed by atoms with E-state index in [0.717, 1.165) is 124 Å². The SMILES string of the molecule is CN1CCN=C1c1ccc2c(=O)n(-c3ccc(NC(=O)NS(=O)(=O)c4ccc(Cl)s4)cc3)c(=O)[nH]c2c1.O=C(Nc1ccc(-n2c(=O)[nH]c3c4c(ccc3c2=O)NCC4)cc1)NS(=O)(=O)c1ccc(Cl)s1.O=C(Nc1ccc(-n2c(=O)[nH]c3cc(C4=NCCO4)ccc3c2=O)cc1)NS(=O)(=O)c1ccc(Cl)s1.O=C(Nc1ccc(-n2c(=O)[nH]c3cc4c(cc3c2=O)CCN4)cc1)NS(=O)(=O)c1ccc(Cl)s1. The first-order valence-corrected chi connectivity index (χ1v) is 51.9. The second kappa shape index (κ2) is 40.0. The standard InChI is InChI=1S/C23H19ClN6O5S2.C22H16ClN5O6S2.2C21H16ClN5O5S2/c1-29-11-10-25-20(29)13-2-7-16-17(12-13)27-23(33)30(21(16)31)15-5-3-14(4-6-15)26-22(32)28-37(34,35)19-9-8-18(24)36-19;23-17-7-8-18(35-17)36(32,33)27-21(30)25-13-2-4-14(5-3-13)28-20(29)15-6-1-12(19-24-9-10-34-19)11-16(15)26-22(28)31;22-17-5-6-18(33-17)34(31,32)26-20(29)24-12-1-3-13(4-2-12)27-19(28)14-9-11-7-8-23-15(11)10-16(14)25-21(27)30;22-16-7-8-17(33-16)34(31,32)26-20(29)24-11-1-3-12(4-2-11)27-19(28)14-5-6-15-13(9-10-23-15)18(14)25-21(27)30/h2-9,12H,10-11H2,1H3,(H,27,33)(H2,26,28,32);1-8,11H,9-10H2,(H,26,31)(H2,25,27,30);1-6,9-10,23H,7-8H2,(H,25,30)(H2,24,26,29);1-8,23H,9-10H2,(H,25,30)(H2,24,26,29). The number of sulfonamides is 4. The van der Waals surface area contributed by atoms with Crippen LogP contribution in [-0.4, -0.2) is 159 Å². The Morgan fingerprint density at radius 3 is 1.09 bits per heavy atom. The number of amides is 8. The predicted octanol–water partition coefficient (Wildman–Crippen LogP) is 11.0. The first kappa shape index (κ1) is 97.5. The fraction of sp³-hybridized carbons (Fsp3) is 0.103. The van der Waals surface area contributed by atoms with Gasteiger partial charge in [0.1, 0.15) is 29.3 Å². The summed E-state index contributed by atoms with van der Waals surface area (Å²) in [7, 11) is -14.4. The van der Waals surface area contributed by atoms with Gasteiger partial charge < -0.3 is 61.5 Å². The number of benzene rings is 8. The molecule has 8 amide bonds. The molecule has 0 saturated carbocycles. The maximum absolute atomic E-state index is 13.1. The molecule has 4 aliphatic rings. The Labute approximate surface area is 828 Å². The zero-order valence-corrected chi connectivity index (χ0v) is 81.3. The Balaban J connectivity index is 0.000000130. The molecule has 8 aromatic carbocycles. The van der Waals surface area contributed by atoms with Crippen molar-refractivity contribution in [1.29, 1.82) is 0 Å². The van der Waals surface area contributed by atoms with Crippen LogP contribution in [0.2, 0.25) is 17.3 Å². The molecule has 0 spiro atoms. The van der Waals surface area contributed by atoms with Crippen LogP contribution in [-0.2, 0) is 57.7 Å². The van der Waals surface area contributed by atoms with Gasteiger partial charge in [0.15, 0.2) is 0 Å². The summed E-state index contributed by atoms with van der Waals surface area (Å²) >= 11 is 26.3. The van der Waals surface area contributed by atoms with Crippen molar-refractivity contribution in [2.24, 2.45) is 9.98 Å². The number of carbonyl (C=O) groups excluding carboxylic acids is 4. The van der Waals surface area contributed by atoms with Crippen LogP contribution < -0.4 is 95.8 Å². The molecule has 42 nitrogen and oxygen atoms in total. The van der Waals surface area contributed by atoms with E-state index >= 15 is 0 Å². The number of H-pyrrole nitrogens is 4. The summed E-state index contributed by atoms with van der Waals surface area (Å²) in [6.07, 6.45) is 1.51. The van der Waals surface area contributed by atoms with E-state index in [-0.39, 0.29) is 73.7 Å². The molecule has 0 fully saturated rings. The fourth-order valence-corrected chi connectivity index (χ4v) is 24.5. The summed E-state index contributed by atoms with van der Waals surface area (Å²) in [6, 6.07) is 47.3. The number of fused-ring (bicyclic) bond motifs is 7. The van der Waals surface area contributed by atoms with Gasteiger partial charge in [0, 0.05) is 77.5 Å². The second-order valence-electron chi connectivity index (χ2n) is 30.5. The van der Waals surface area contributed by atoms with Crippen LogP contribution in [0.5, 0.6) is 0 Å². The fourth-order valence-electron chi connectivity index (χ4n) is 15.0. The maximum atomic E-state index is 13.1. The van der Waals surface area contributed by atoms with Crippen molar-refractivity contribution in [2.45, 2.75) is 29.7 Å². The molecule has 8 aromatic heterocycles. The Kier molecular flexibility index (Phi) is 27.7. The number of anilines is 6. The summed E-state index contributed by atoms with van der Waals surface area (Å²) in [5, 5.41) is 17.4. The lowest BCUT2D eigenvalue weighted by Gasteiger charge is -2.14. The number of ether oxygens (including phenoxy) is 1. The highest BCUT2D eigenvalue weighted by atomic mass is 35.5. The number of aromatic amines is 4. The van der Waals surface area contributed by atoms with E-state index < -0.39 is 109 Å². The number of halogens is 4. The number of nitrogens with one attached hydrogen (secondary N) is 14. The molecule has 14 N–H and O–H groups in total. The van der Waals surface area contributed by atoms with Crippen LogP contribution in [0, 0.1) is 0 Å². The normalized spacial score (nSPS) is 13.2. The molecule has 54 heteroatoms. The Bertz CT molecular complexity index is 8800. The minimum Gasteiger partial charge on any atom is -0.476 e. The van der Waals surface area contributed by atoms with Gasteiger partial charge in [-0.1, -0.05) is 52.5 Å². The average Bonchev–Trinajstić information content (AvgIpc) is 1.34. The first-order valence-electron chi connectivity index (χ1n) is 41.2. The van der Waals surface area contributed by atoms with Crippen LogP contribution in [0.1, 0.15) is 22.3 Å². The van der Waals surface area contributed by atoms with E-state index in [1.54, 1.807) is 54.6 Å². The van der Waals surface area contributed by atoms with E-state index in [0.29, 0.717) is 87.2 Å². The van der Waals surface area contributed by atoms with Crippen LogP contribution in [0.25, 0.3) is 66.4 Å². The zero-order chi connectivity index (χ0) is 99.8. The van der Waals surface area contributed by atoms with Crippen molar-refractivity contribution in [3.8, 4) is 22.7 Å². The smallest absolute Gasteiger partial charge is 0.333 e. The number of aromatic nitrogens is 8. The van der Waals surface area contributed by atoms with Gasteiger partial charge >= 0.3 is 46.9 Å². The number of hydrogen-bond donors (Lipinski definition) is 14. The van der Waals surface area contributed by atoms with Crippen LogP contribution in [0.15, 0.2) is 271 Å². The van der Waals surface area contributed by atoms with Crippen LogP contribution >= 0.6 is 91.8 Å². The van der Waals surface area contributed by atoms with E-state index in [9.17, 15) is 91.2 Å². The number of nitrogens with zero attached hydrogens (tertiary/aromatic N) is 7. The highest BCUT2D eigenvalue weighted by Gasteiger charge is 2.28. The van der Waals surface area contributed by atoms with Crippen molar-refractivity contribution in [3.63, 3.8) is 0 Å². The van der Waals surface area contributed by atoms with Gasteiger partial charge in [0.25, 0.3) is 62.3 Å². The maximum Gasteiger partial charge on any atom is 0.333 e. The summed E-state index contributed by atoms with van der Waals surface area (Å²) in [6.45, 7) is 4.04. The topological polar surface area (TPSA) is 582 Å². The monoisotopic (exact) mass is 2140 g/mol. The minimum absolute atomic E-state index is 0.0978.